The number of H-pyrrole nitrogens is 1. The number of carbonyl (C=O) groups excluding carboxylic acids is 1. The molecule has 1 aliphatic heterocycles. The van der Waals surface area contributed by atoms with Crippen molar-refractivity contribution in [2.24, 2.45) is 0 Å². The first-order chi connectivity index (χ1) is 9.63. The molecule has 5 heteroatoms. The fourth-order valence-electron chi connectivity index (χ4n) is 2.62. The molecule has 1 aromatic carbocycles. The summed E-state index contributed by atoms with van der Waals surface area (Å²) in [5, 5.41) is 0. The molecule has 104 valence electrons. The summed E-state index contributed by atoms with van der Waals surface area (Å²) in [5.41, 5.74) is 1.96. The number of imidazole rings is 1. The van der Waals surface area contributed by atoms with E-state index in [1.54, 1.807) is 23.2 Å². The quantitative estimate of drug-likeness (QED) is 0.914. The minimum Gasteiger partial charge on any atom is -0.338 e. The van der Waals surface area contributed by atoms with Gasteiger partial charge in [-0.1, -0.05) is 12.1 Å². The molecule has 1 saturated heterocycles. The number of aromatic nitrogens is 2. The van der Waals surface area contributed by atoms with Crippen LogP contribution in [-0.4, -0.2) is 33.9 Å². The van der Waals surface area contributed by atoms with Gasteiger partial charge in [-0.05, 0) is 31.0 Å². The Morgan fingerprint density at radius 2 is 2.15 bits per heavy atom. The second-order valence-electron chi connectivity index (χ2n) is 5.20. The van der Waals surface area contributed by atoms with Crippen LogP contribution in [0.1, 0.15) is 34.2 Å². The highest BCUT2D eigenvalue weighted by Gasteiger charge is 2.29. The van der Waals surface area contributed by atoms with Gasteiger partial charge in [0.05, 0.1) is 0 Å². The van der Waals surface area contributed by atoms with E-state index in [4.69, 9.17) is 0 Å². The van der Waals surface area contributed by atoms with Crippen LogP contribution in [0.4, 0.5) is 4.39 Å². The number of aromatic amines is 1. The Bertz CT molecular complexity index is 620. The van der Waals surface area contributed by atoms with Crippen molar-refractivity contribution < 1.29 is 9.18 Å². The topological polar surface area (TPSA) is 49.0 Å². The van der Waals surface area contributed by atoms with Crippen molar-refractivity contribution in [3.05, 3.63) is 53.4 Å². The van der Waals surface area contributed by atoms with E-state index in [0.29, 0.717) is 18.9 Å². The Kier molecular flexibility index (Phi) is 3.26. The van der Waals surface area contributed by atoms with E-state index in [-0.39, 0.29) is 17.6 Å². The maximum absolute atomic E-state index is 12.9. The lowest BCUT2D eigenvalue weighted by atomic mass is 9.99. The van der Waals surface area contributed by atoms with Crippen LogP contribution in [0.5, 0.6) is 0 Å². The number of nitrogens with zero attached hydrogens (tertiary/aromatic N) is 2. The molecule has 1 aliphatic rings. The molecule has 4 nitrogen and oxygen atoms in total. The molecule has 20 heavy (non-hydrogen) atoms. The molecule has 1 amide bonds. The number of halogens is 1. The number of amides is 1. The van der Waals surface area contributed by atoms with Crippen molar-refractivity contribution in [3.8, 4) is 0 Å². The fourth-order valence-corrected chi connectivity index (χ4v) is 2.62. The molecule has 1 N–H and O–H groups in total. The molecule has 0 bridgehead atoms. The van der Waals surface area contributed by atoms with Crippen molar-refractivity contribution in [2.75, 3.05) is 13.1 Å². The maximum atomic E-state index is 12.9. The van der Waals surface area contributed by atoms with Crippen molar-refractivity contribution in [1.82, 2.24) is 14.9 Å². The molecule has 1 aromatic heterocycles. The predicted octanol–water partition coefficient (Wildman–Crippen LogP) is 2.49. The Morgan fingerprint density at radius 1 is 1.40 bits per heavy atom. The number of aryl methyl sites for hydroxylation is 1. The lowest BCUT2D eigenvalue weighted by Crippen LogP contribution is -2.29. The maximum Gasteiger partial charge on any atom is 0.289 e. The number of hydrogen-bond donors (Lipinski definition) is 1. The summed E-state index contributed by atoms with van der Waals surface area (Å²) < 4.78 is 12.9. The first-order valence-electron chi connectivity index (χ1n) is 6.70. The van der Waals surface area contributed by atoms with Crippen molar-refractivity contribution in [2.45, 2.75) is 19.3 Å². The third-order valence-corrected chi connectivity index (χ3v) is 3.72. The number of hydrogen-bond acceptors (Lipinski definition) is 2. The molecule has 0 spiro atoms. The van der Waals surface area contributed by atoms with Gasteiger partial charge < -0.3 is 9.88 Å². The molecule has 1 fully saturated rings. The largest absolute Gasteiger partial charge is 0.338 e. The van der Waals surface area contributed by atoms with Crippen LogP contribution in [0.15, 0.2) is 30.5 Å². The standard InChI is InChI=1S/C15H16FN3O/c1-10-8-17-14(18-10)15(20)19-7-6-12(9-19)11-2-4-13(16)5-3-11/h2-5,8,12H,6-7,9H2,1H3,(H,17,18)/t12-/m0/s1. The average molecular weight is 273 g/mol. The number of nitrogens with one attached hydrogen (secondary N) is 1. The van der Waals surface area contributed by atoms with Gasteiger partial charge in [-0.2, -0.15) is 0 Å². The second-order valence-corrected chi connectivity index (χ2v) is 5.20. The molecule has 3 rings (SSSR count). The first kappa shape index (κ1) is 12.8. The second kappa shape index (κ2) is 5.07. The number of benzene rings is 1. The Balaban J connectivity index is 1.70. The Labute approximate surface area is 116 Å². The molecule has 0 aliphatic carbocycles. The zero-order valence-corrected chi connectivity index (χ0v) is 11.3. The van der Waals surface area contributed by atoms with E-state index in [2.05, 4.69) is 9.97 Å². The van der Waals surface area contributed by atoms with Crippen LogP contribution in [-0.2, 0) is 0 Å². The van der Waals surface area contributed by atoms with E-state index in [1.165, 1.54) is 12.1 Å². The van der Waals surface area contributed by atoms with E-state index in [0.717, 1.165) is 17.7 Å². The highest BCUT2D eigenvalue weighted by molar-refractivity contribution is 5.90. The minimum absolute atomic E-state index is 0.0669. The third-order valence-electron chi connectivity index (χ3n) is 3.72. The average Bonchev–Trinajstić information content (AvgIpc) is 3.08. The first-order valence-corrected chi connectivity index (χ1v) is 6.70. The third kappa shape index (κ3) is 2.43. The van der Waals surface area contributed by atoms with Crippen LogP contribution in [0.2, 0.25) is 0 Å². The molecule has 2 heterocycles. The van der Waals surface area contributed by atoms with Gasteiger partial charge >= 0.3 is 0 Å². The van der Waals surface area contributed by atoms with E-state index < -0.39 is 0 Å². The summed E-state index contributed by atoms with van der Waals surface area (Å²) in [4.78, 5) is 21.1. The molecule has 0 unspecified atom stereocenters. The highest BCUT2D eigenvalue weighted by atomic mass is 19.1. The lowest BCUT2D eigenvalue weighted by molar-refractivity contribution is 0.0779. The van der Waals surface area contributed by atoms with Gasteiger partial charge in [0, 0.05) is 30.9 Å². The molecular weight excluding hydrogens is 257 g/mol. The molecule has 0 radical (unpaired) electrons. The summed E-state index contributed by atoms with van der Waals surface area (Å²) in [7, 11) is 0. The van der Waals surface area contributed by atoms with Gasteiger partial charge in [-0.25, -0.2) is 9.37 Å². The molecule has 1 atom stereocenters. The summed E-state index contributed by atoms with van der Waals surface area (Å²) in [6.45, 7) is 3.24. The van der Waals surface area contributed by atoms with E-state index in [1.807, 2.05) is 6.92 Å². The summed E-state index contributed by atoms with van der Waals surface area (Å²) >= 11 is 0. The number of rotatable bonds is 2. The highest BCUT2D eigenvalue weighted by Crippen LogP contribution is 2.27. The monoisotopic (exact) mass is 273 g/mol. The number of carbonyl (C=O) groups is 1. The van der Waals surface area contributed by atoms with Gasteiger partial charge in [-0.3, -0.25) is 4.79 Å². The molecule has 0 saturated carbocycles. The summed E-state index contributed by atoms with van der Waals surface area (Å²) in [5.74, 6) is 0.367. The van der Waals surface area contributed by atoms with Gasteiger partial charge in [-0.15, -0.1) is 0 Å². The summed E-state index contributed by atoms with van der Waals surface area (Å²) in [6, 6.07) is 6.53. The van der Waals surface area contributed by atoms with Crippen LogP contribution < -0.4 is 0 Å². The van der Waals surface area contributed by atoms with Crippen LogP contribution >= 0.6 is 0 Å². The van der Waals surface area contributed by atoms with Crippen molar-refractivity contribution in [3.63, 3.8) is 0 Å². The number of likely N-dealkylation sites (tertiary alicyclic amines) is 1. The SMILES string of the molecule is Cc1cnc(C(=O)N2CC[C@H](c3ccc(F)cc3)C2)[nH]1. The lowest BCUT2D eigenvalue weighted by Gasteiger charge is -2.15. The van der Waals surface area contributed by atoms with Gasteiger partial charge in [0.25, 0.3) is 5.91 Å². The van der Waals surface area contributed by atoms with Crippen LogP contribution in [0.25, 0.3) is 0 Å². The van der Waals surface area contributed by atoms with Gasteiger partial charge in [0.1, 0.15) is 5.82 Å². The van der Waals surface area contributed by atoms with Crippen molar-refractivity contribution >= 4 is 5.91 Å². The van der Waals surface area contributed by atoms with Crippen molar-refractivity contribution in [1.29, 1.82) is 0 Å². The van der Waals surface area contributed by atoms with Gasteiger partial charge in [0.15, 0.2) is 5.82 Å². The van der Waals surface area contributed by atoms with Crippen LogP contribution in [0.3, 0.4) is 0 Å². The van der Waals surface area contributed by atoms with Crippen LogP contribution in [0, 0.1) is 12.7 Å². The minimum atomic E-state index is -0.231. The van der Waals surface area contributed by atoms with E-state index >= 15 is 0 Å². The summed E-state index contributed by atoms with van der Waals surface area (Å²) in [6.07, 6.45) is 2.55. The molecular formula is C15H16FN3O. The molecule has 2 aromatic rings. The predicted molar refractivity (Wildman–Crippen MR) is 73.0 cm³/mol. The Hall–Kier alpha value is -2.17. The van der Waals surface area contributed by atoms with E-state index in [9.17, 15) is 9.18 Å². The Morgan fingerprint density at radius 3 is 2.80 bits per heavy atom. The van der Waals surface area contributed by atoms with Gasteiger partial charge in [0.2, 0.25) is 0 Å². The fraction of sp³-hybridized carbons (Fsp3) is 0.333. The smallest absolute Gasteiger partial charge is 0.289 e. The zero-order chi connectivity index (χ0) is 14.1. The zero-order valence-electron chi connectivity index (χ0n) is 11.3. The normalized spacial score (nSPS) is 18.5.